The Labute approximate surface area is 439 Å². The number of amides is 4. The molecule has 0 unspecified atom stereocenters. The zero-order valence-electron chi connectivity index (χ0n) is 40.1. The third-order valence-electron chi connectivity index (χ3n) is 11.3. The van der Waals surface area contributed by atoms with Crippen molar-refractivity contribution in [2.75, 3.05) is 28.8 Å². The molecule has 3 aromatic heterocycles. The van der Waals surface area contributed by atoms with Crippen LogP contribution in [0.3, 0.4) is 0 Å². The number of hydrogen-bond donors (Lipinski definition) is 9. The van der Waals surface area contributed by atoms with E-state index in [1.54, 1.807) is 35.2 Å². The molecule has 0 aromatic carbocycles. The van der Waals surface area contributed by atoms with Gasteiger partial charge in [0, 0.05) is 46.5 Å². The molecule has 0 bridgehead atoms. The van der Waals surface area contributed by atoms with Crippen molar-refractivity contribution < 1.29 is 87.8 Å². The lowest BCUT2D eigenvalue weighted by atomic mass is 10.0. The maximum Gasteiger partial charge on any atom is 0.352 e. The number of carbonyl (C=O) groups is 9. The van der Waals surface area contributed by atoms with Crippen LogP contribution >= 0.6 is 46.2 Å². The normalized spacial score (nSPS) is 20.0. The van der Waals surface area contributed by atoms with Crippen molar-refractivity contribution in [3.8, 4) is 0 Å². The fourth-order valence-corrected chi connectivity index (χ4v) is 10.9. The molecule has 7 heterocycles. The number of hydrogen-bond acceptors (Lipinski definition) is 22. The first-order valence-electron chi connectivity index (χ1n) is 21.9. The summed E-state index contributed by atoms with van der Waals surface area (Å²) in [6.45, 7) is 7.16. The van der Waals surface area contributed by atoms with E-state index in [2.05, 4.69) is 41.7 Å². The molecule has 75 heavy (non-hydrogen) atoms. The van der Waals surface area contributed by atoms with Gasteiger partial charge in [0.25, 0.3) is 23.6 Å². The number of carboxylic acids is 5. The van der Waals surface area contributed by atoms with E-state index in [1.165, 1.54) is 50.2 Å². The summed E-state index contributed by atoms with van der Waals surface area (Å²) in [7, 11) is 0. The van der Waals surface area contributed by atoms with Gasteiger partial charge in [0.1, 0.15) is 45.6 Å². The van der Waals surface area contributed by atoms with E-state index in [4.69, 9.17) is 14.5 Å². The SMILES string of the molecule is CC(C)(O/N=C(\C(=O)N[C@@H]1C(=O)N2C(C(=O)O)=C(C[n+]3ccccc3)CS[C@H]12)c1csc(NCC2=C(C(=O)O)N3C(=O)[C@@H](NC(=O)/C(=N\OC(C)(C)C(=O)O)c4csc(NOC(C)(C)C(=O)O)n4)[C@H]3SC2)n1)C(=O)O. The van der Waals surface area contributed by atoms with Crippen molar-refractivity contribution in [3.05, 3.63) is 75.3 Å². The molecule has 2 fully saturated rings. The van der Waals surface area contributed by atoms with Crippen molar-refractivity contribution in [3.63, 3.8) is 0 Å². The molecule has 4 amide bonds. The van der Waals surface area contributed by atoms with Crippen LogP contribution in [-0.2, 0) is 64.2 Å². The second-order valence-electron chi connectivity index (χ2n) is 17.9. The summed E-state index contributed by atoms with van der Waals surface area (Å²) in [5, 5.41) is 65.7. The number of pyridine rings is 1. The Morgan fingerprint density at radius 1 is 0.667 bits per heavy atom. The number of anilines is 2. The Morgan fingerprint density at radius 3 is 1.57 bits per heavy atom. The van der Waals surface area contributed by atoms with Crippen LogP contribution < -0.4 is 26.0 Å². The summed E-state index contributed by atoms with van der Waals surface area (Å²) in [5.74, 6) is -10.4. The molecule has 3 aromatic rings. The number of nitrogens with one attached hydrogen (secondary N) is 4. The second-order valence-corrected chi connectivity index (χ2v) is 21.9. The fraction of sp³-hybridized carbons (Fsp3) is 0.395. The Balaban J connectivity index is 1.05. The molecule has 28 nitrogen and oxygen atoms in total. The maximum absolute atomic E-state index is 13.9. The van der Waals surface area contributed by atoms with Crippen LogP contribution in [0.25, 0.3) is 0 Å². The first kappa shape index (κ1) is 55.1. The molecule has 7 rings (SSSR count). The zero-order valence-corrected chi connectivity index (χ0v) is 43.3. The van der Waals surface area contributed by atoms with Crippen LogP contribution in [0, 0.1) is 0 Å². The number of fused-ring (bicyclic) bond motifs is 2. The monoisotopic (exact) mass is 1120 g/mol. The van der Waals surface area contributed by atoms with Crippen LogP contribution in [-0.4, -0.2) is 168 Å². The lowest BCUT2D eigenvalue weighted by Crippen LogP contribution is -2.71. The summed E-state index contributed by atoms with van der Waals surface area (Å²) in [6.07, 6.45) is 3.50. The molecule has 2 saturated heterocycles. The standard InChI is InChI=1S/C43H45N11O17S4/c1-41(2,36(63)64)69-49-22(28(55)48-25-31(58)54-27(35(61)62)19(15-73-33(25)54)13-52-10-8-7-9-11-52)20-16-74-39(45-20)44-12-18-14-72-32-24(30(57)53(32)26(18)34(59)60)47-29(56)23(50-70-42(3,4)37(65)66)21-17-75-40(46-21)51-71-43(5,6)38(67)68/h7-11,16-17,24-25,32-33H,12-15H2,1-6H3,(H8-,44,45,46,47,48,51,55,56,59,60,61,62,63,64,65,66,67,68)/p+1/b49-22-,50-23-/t24-,25-,32-,33-/m1/s1. The summed E-state index contributed by atoms with van der Waals surface area (Å²) in [5.41, 5.74) is -4.65. The topological polar surface area (TPSA) is 391 Å². The Bertz CT molecular complexity index is 3010. The molecule has 398 valence electrons. The maximum atomic E-state index is 13.9. The predicted molar refractivity (Wildman–Crippen MR) is 264 cm³/mol. The van der Waals surface area contributed by atoms with Gasteiger partial charge in [-0.2, -0.15) is 0 Å². The van der Waals surface area contributed by atoms with Crippen molar-refractivity contribution >= 4 is 121 Å². The smallest absolute Gasteiger partial charge is 0.352 e. The van der Waals surface area contributed by atoms with Gasteiger partial charge in [0.05, 0.1) is 0 Å². The van der Waals surface area contributed by atoms with Gasteiger partial charge in [-0.05, 0) is 47.1 Å². The van der Waals surface area contributed by atoms with E-state index in [9.17, 15) is 68.7 Å². The van der Waals surface area contributed by atoms with Gasteiger partial charge in [0.2, 0.25) is 16.3 Å². The number of oxime groups is 2. The van der Waals surface area contributed by atoms with E-state index >= 15 is 0 Å². The largest absolute Gasteiger partial charge is 0.479 e. The van der Waals surface area contributed by atoms with Crippen LogP contribution in [0.2, 0.25) is 0 Å². The molecular formula is C43H46N11O17S4+. The minimum atomic E-state index is -1.95. The van der Waals surface area contributed by atoms with Crippen LogP contribution in [0.15, 0.2) is 74.2 Å². The van der Waals surface area contributed by atoms with Gasteiger partial charge in [-0.25, -0.2) is 44.0 Å². The summed E-state index contributed by atoms with van der Waals surface area (Å²) in [4.78, 5) is 142. The van der Waals surface area contributed by atoms with Crippen molar-refractivity contribution in [1.82, 2.24) is 30.4 Å². The summed E-state index contributed by atoms with van der Waals surface area (Å²) in [6, 6.07) is 2.80. The number of carboxylic acid groups (broad SMARTS) is 5. The highest BCUT2D eigenvalue weighted by Crippen LogP contribution is 2.42. The number of β-lactam (4-membered cyclic amide) rings is 2. The minimum Gasteiger partial charge on any atom is -0.479 e. The lowest BCUT2D eigenvalue weighted by Gasteiger charge is -2.49. The number of nitrogens with zero attached hydrogens (tertiary/aromatic N) is 7. The quantitative estimate of drug-likeness (QED) is 0.0271. The van der Waals surface area contributed by atoms with E-state index in [0.717, 1.165) is 58.1 Å². The van der Waals surface area contributed by atoms with Crippen LogP contribution in [0.1, 0.15) is 52.9 Å². The molecule has 0 saturated carbocycles. The van der Waals surface area contributed by atoms with Gasteiger partial charge in [-0.3, -0.25) is 33.8 Å². The number of aromatic nitrogens is 3. The Hall–Kier alpha value is -7.68. The average molecular weight is 1120 g/mol. The van der Waals surface area contributed by atoms with Crippen LogP contribution in [0.5, 0.6) is 0 Å². The van der Waals surface area contributed by atoms with Gasteiger partial charge >= 0.3 is 29.8 Å². The highest BCUT2D eigenvalue weighted by atomic mass is 32.2. The molecule has 4 aliphatic heterocycles. The van der Waals surface area contributed by atoms with Crippen molar-refractivity contribution in [2.45, 2.75) is 87.7 Å². The number of aliphatic carboxylic acids is 5. The fourth-order valence-electron chi connectivity index (χ4n) is 6.90. The lowest BCUT2D eigenvalue weighted by molar-refractivity contribution is -0.689. The molecule has 0 aliphatic carbocycles. The number of carbonyl (C=O) groups excluding carboxylic acids is 4. The van der Waals surface area contributed by atoms with E-state index in [-0.39, 0.29) is 57.5 Å². The molecule has 32 heteroatoms. The van der Waals surface area contributed by atoms with Crippen molar-refractivity contribution in [1.29, 1.82) is 0 Å². The van der Waals surface area contributed by atoms with Crippen LogP contribution in [0.4, 0.5) is 10.3 Å². The van der Waals surface area contributed by atoms with Gasteiger partial charge in [-0.1, -0.05) is 16.4 Å². The highest BCUT2D eigenvalue weighted by Gasteiger charge is 2.56. The summed E-state index contributed by atoms with van der Waals surface area (Å²) < 4.78 is 1.76. The van der Waals surface area contributed by atoms with E-state index in [1.807, 2.05) is 0 Å². The van der Waals surface area contributed by atoms with E-state index in [0.29, 0.717) is 5.57 Å². The molecule has 4 aliphatic rings. The Kier molecular flexibility index (Phi) is 15.9. The molecule has 4 atom stereocenters. The first-order chi connectivity index (χ1) is 35.2. The third-order valence-corrected chi connectivity index (χ3v) is 15.5. The van der Waals surface area contributed by atoms with Gasteiger partial charge < -0.3 is 51.2 Å². The molecule has 0 radical (unpaired) electrons. The number of thioether (sulfide) groups is 2. The molecule has 9 N–H and O–H groups in total. The van der Waals surface area contributed by atoms with Crippen molar-refractivity contribution in [2.24, 2.45) is 10.3 Å². The number of thiazole rings is 2. The second kappa shape index (κ2) is 21.7. The Morgan fingerprint density at radius 2 is 1.11 bits per heavy atom. The number of rotatable bonds is 23. The van der Waals surface area contributed by atoms with Gasteiger partial charge in [0.15, 0.2) is 41.1 Å². The minimum absolute atomic E-state index is 0.00253. The first-order valence-corrected chi connectivity index (χ1v) is 25.8. The molecule has 0 spiro atoms. The highest BCUT2D eigenvalue weighted by molar-refractivity contribution is 8.00. The summed E-state index contributed by atoms with van der Waals surface area (Å²) >= 11 is 4.11. The molecular weight excluding hydrogens is 1070 g/mol. The average Bonchev–Trinajstić information content (AvgIpc) is 4.03. The van der Waals surface area contributed by atoms with E-state index < -0.39 is 110 Å². The third kappa shape index (κ3) is 11.7. The predicted octanol–water partition coefficient (Wildman–Crippen LogP) is 0.551. The van der Waals surface area contributed by atoms with Gasteiger partial charge in [-0.15, -0.1) is 46.2 Å². The zero-order chi connectivity index (χ0) is 54.9.